The zero-order valence-electron chi connectivity index (χ0n) is 11.2. The average Bonchev–Trinajstić information content (AvgIpc) is 3.04. The van der Waals surface area contributed by atoms with Gasteiger partial charge in [0.1, 0.15) is 0 Å². The molecule has 1 fully saturated rings. The van der Waals surface area contributed by atoms with Crippen molar-refractivity contribution in [2.45, 2.75) is 5.92 Å². The zero-order valence-corrected chi connectivity index (χ0v) is 12.1. The molecule has 0 aliphatic carbocycles. The summed E-state index contributed by atoms with van der Waals surface area (Å²) in [7, 11) is 0. The molecule has 2 aromatic carbocycles. The Morgan fingerprint density at radius 3 is 1.95 bits per heavy atom. The van der Waals surface area contributed by atoms with Crippen molar-refractivity contribution >= 4 is 17.7 Å². The number of thioether (sulfide) groups is 1. The summed E-state index contributed by atoms with van der Waals surface area (Å²) >= 11 is 1.82. The Morgan fingerprint density at radius 2 is 1.50 bits per heavy atom. The standard InChI is InChI=1S/C17H17NOS/c19-17(18-11-12-20-13-18)16(14-7-3-1-4-8-14)15-9-5-2-6-10-15/h1-10,16H,11-13H2. The Labute approximate surface area is 123 Å². The highest BCUT2D eigenvalue weighted by Gasteiger charge is 2.28. The van der Waals surface area contributed by atoms with E-state index in [2.05, 4.69) is 0 Å². The highest BCUT2D eigenvalue weighted by molar-refractivity contribution is 7.99. The number of nitrogens with zero attached hydrogens (tertiary/aromatic N) is 1. The fourth-order valence-electron chi connectivity index (χ4n) is 2.54. The number of benzene rings is 2. The van der Waals surface area contributed by atoms with Crippen molar-refractivity contribution in [2.24, 2.45) is 0 Å². The Balaban J connectivity index is 1.97. The topological polar surface area (TPSA) is 20.3 Å². The third kappa shape index (κ3) is 2.73. The lowest BCUT2D eigenvalue weighted by molar-refractivity contribution is -0.130. The lowest BCUT2D eigenvalue weighted by Gasteiger charge is -2.23. The van der Waals surface area contributed by atoms with E-state index in [1.807, 2.05) is 77.3 Å². The van der Waals surface area contributed by atoms with Gasteiger partial charge in [0.25, 0.3) is 0 Å². The molecule has 0 atom stereocenters. The Morgan fingerprint density at radius 1 is 0.950 bits per heavy atom. The van der Waals surface area contributed by atoms with Crippen molar-refractivity contribution in [2.75, 3.05) is 18.2 Å². The molecule has 20 heavy (non-hydrogen) atoms. The second-order valence-corrected chi connectivity index (χ2v) is 5.97. The zero-order chi connectivity index (χ0) is 13.8. The van der Waals surface area contributed by atoms with Gasteiger partial charge in [-0.05, 0) is 11.1 Å². The first-order chi connectivity index (χ1) is 9.86. The second-order valence-electron chi connectivity index (χ2n) is 4.89. The molecule has 0 unspecified atom stereocenters. The molecule has 1 heterocycles. The van der Waals surface area contributed by atoms with Gasteiger partial charge in [-0.15, -0.1) is 11.8 Å². The summed E-state index contributed by atoms with van der Waals surface area (Å²) in [5, 5.41) is 0. The lowest BCUT2D eigenvalue weighted by atomic mass is 9.90. The summed E-state index contributed by atoms with van der Waals surface area (Å²) in [4.78, 5) is 14.8. The van der Waals surface area contributed by atoms with Crippen molar-refractivity contribution in [1.82, 2.24) is 4.90 Å². The molecule has 3 rings (SSSR count). The first-order valence-electron chi connectivity index (χ1n) is 6.82. The Hall–Kier alpha value is -1.74. The molecule has 0 N–H and O–H groups in total. The molecule has 0 saturated carbocycles. The molecule has 3 heteroatoms. The van der Waals surface area contributed by atoms with Gasteiger partial charge in [0.05, 0.1) is 11.8 Å². The molecule has 2 nitrogen and oxygen atoms in total. The maximum atomic E-state index is 12.9. The van der Waals surface area contributed by atoms with Crippen LogP contribution in [0, 0.1) is 0 Å². The summed E-state index contributed by atoms with van der Waals surface area (Å²) in [6, 6.07) is 20.1. The fraction of sp³-hybridized carbons (Fsp3) is 0.235. The van der Waals surface area contributed by atoms with Crippen LogP contribution in [0.25, 0.3) is 0 Å². The quantitative estimate of drug-likeness (QED) is 0.861. The molecule has 1 amide bonds. The molecule has 102 valence electrons. The van der Waals surface area contributed by atoms with Crippen molar-refractivity contribution < 1.29 is 4.79 Å². The van der Waals surface area contributed by atoms with Crippen molar-refractivity contribution in [3.8, 4) is 0 Å². The predicted molar refractivity (Wildman–Crippen MR) is 83.8 cm³/mol. The largest absolute Gasteiger partial charge is 0.332 e. The van der Waals surface area contributed by atoms with Crippen LogP contribution in [-0.2, 0) is 4.79 Å². The average molecular weight is 283 g/mol. The van der Waals surface area contributed by atoms with E-state index in [0.29, 0.717) is 0 Å². The minimum absolute atomic E-state index is 0.184. The predicted octanol–water partition coefficient (Wildman–Crippen LogP) is 3.35. The second kappa shape index (κ2) is 6.14. The molecular weight excluding hydrogens is 266 g/mol. The van der Waals surface area contributed by atoms with Gasteiger partial charge in [-0.25, -0.2) is 0 Å². The van der Waals surface area contributed by atoms with E-state index in [-0.39, 0.29) is 11.8 Å². The first-order valence-corrected chi connectivity index (χ1v) is 7.98. The summed E-state index contributed by atoms with van der Waals surface area (Å²) < 4.78 is 0. The van der Waals surface area contributed by atoms with E-state index < -0.39 is 0 Å². The number of hydrogen-bond donors (Lipinski definition) is 0. The molecule has 0 aromatic heterocycles. The Bertz CT molecular complexity index is 525. The normalized spacial score (nSPS) is 14.8. The van der Waals surface area contributed by atoms with Gasteiger partial charge in [-0.3, -0.25) is 4.79 Å². The number of hydrogen-bond acceptors (Lipinski definition) is 2. The van der Waals surface area contributed by atoms with Crippen LogP contribution in [-0.4, -0.2) is 29.0 Å². The van der Waals surface area contributed by atoms with Crippen LogP contribution in [0.2, 0.25) is 0 Å². The SMILES string of the molecule is O=C(C(c1ccccc1)c1ccccc1)N1CCSC1. The van der Waals surface area contributed by atoms with Crippen LogP contribution in [0.5, 0.6) is 0 Å². The smallest absolute Gasteiger partial charge is 0.235 e. The van der Waals surface area contributed by atoms with E-state index >= 15 is 0 Å². The van der Waals surface area contributed by atoms with Gasteiger partial charge in [-0.2, -0.15) is 0 Å². The van der Waals surface area contributed by atoms with Crippen LogP contribution in [0.3, 0.4) is 0 Å². The van der Waals surface area contributed by atoms with E-state index in [4.69, 9.17) is 0 Å². The minimum Gasteiger partial charge on any atom is -0.332 e. The maximum Gasteiger partial charge on any atom is 0.235 e. The van der Waals surface area contributed by atoms with Gasteiger partial charge in [0, 0.05) is 12.3 Å². The molecule has 1 saturated heterocycles. The molecule has 1 aliphatic heterocycles. The van der Waals surface area contributed by atoms with Crippen LogP contribution in [0.15, 0.2) is 60.7 Å². The number of carbonyl (C=O) groups is 1. The van der Waals surface area contributed by atoms with Crippen LogP contribution >= 0.6 is 11.8 Å². The third-order valence-electron chi connectivity index (χ3n) is 3.58. The minimum atomic E-state index is -0.184. The Kier molecular flexibility index (Phi) is 4.07. The van der Waals surface area contributed by atoms with E-state index in [1.165, 1.54) is 0 Å². The van der Waals surface area contributed by atoms with Crippen LogP contribution < -0.4 is 0 Å². The number of carbonyl (C=O) groups excluding carboxylic acids is 1. The van der Waals surface area contributed by atoms with Gasteiger partial charge < -0.3 is 4.90 Å². The summed E-state index contributed by atoms with van der Waals surface area (Å²) in [6.45, 7) is 0.861. The molecule has 1 aliphatic rings. The lowest BCUT2D eigenvalue weighted by Crippen LogP contribution is -2.33. The summed E-state index contributed by atoms with van der Waals surface area (Å²) in [5.74, 6) is 1.89. The highest BCUT2D eigenvalue weighted by atomic mass is 32.2. The number of rotatable bonds is 3. The molecule has 0 radical (unpaired) electrons. The molecule has 2 aromatic rings. The van der Waals surface area contributed by atoms with Crippen molar-refractivity contribution in [3.63, 3.8) is 0 Å². The molecule has 0 spiro atoms. The van der Waals surface area contributed by atoms with E-state index in [1.54, 1.807) is 0 Å². The van der Waals surface area contributed by atoms with Gasteiger partial charge in [-0.1, -0.05) is 60.7 Å². The first kappa shape index (κ1) is 13.3. The van der Waals surface area contributed by atoms with E-state index in [0.717, 1.165) is 29.3 Å². The maximum absolute atomic E-state index is 12.9. The van der Waals surface area contributed by atoms with Crippen LogP contribution in [0.1, 0.15) is 17.0 Å². The van der Waals surface area contributed by atoms with Crippen molar-refractivity contribution in [1.29, 1.82) is 0 Å². The van der Waals surface area contributed by atoms with Gasteiger partial charge in [0.2, 0.25) is 5.91 Å². The van der Waals surface area contributed by atoms with Crippen molar-refractivity contribution in [3.05, 3.63) is 71.8 Å². The molecular formula is C17H17NOS. The monoisotopic (exact) mass is 283 g/mol. The molecule has 0 bridgehead atoms. The number of amides is 1. The summed E-state index contributed by atoms with van der Waals surface area (Å²) in [5.41, 5.74) is 2.14. The highest BCUT2D eigenvalue weighted by Crippen LogP contribution is 2.28. The van der Waals surface area contributed by atoms with Gasteiger partial charge in [0.15, 0.2) is 0 Å². The van der Waals surface area contributed by atoms with Crippen LogP contribution in [0.4, 0.5) is 0 Å². The summed E-state index contributed by atoms with van der Waals surface area (Å²) in [6.07, 6.45) is 0. The fourth-order valence-corrected chi connectivity index (χ4v) is 3.49. The van der Waals surface area contributed by atoms with E-state index in [9.17, 15) is 4.79 Å². The third-order valence-corrected chi connectivity index (χ3v) is 4.54. The van der Waals surface area contributed by atoms with Gasteiger partial charge >= 0.3 is 0 Å².